The Hall–Kier alpha value is -2.86. The third-order valence-electron chi connectivity index (χ3n) is 4.70. The molecule has 4 atom stereocenters. The van der Waals surface area contributed by atoms with Crippen molar-refractivity contribution in [2.75, 3.05) is 6.61 Å². The lowest BCUT2D eigenvalue weighted by Gasteiger charge is -2.18. The molecule has 3 aromatic rings. The van der Waals surface area contributed by atoms with Crippen LogP contribution in [0.1, 0.15) is 11.9 Å². The van der Waals surface area contributed by atoms with E-state index in [1.807, 2.05) is 0 Å². The van der Waals surface area contributed by atoms with E-state index in [9.17, 15) is 29.3 Å². The van der Waals surface area contributed by atoms with Crippen LogP contribution in [0.4, 0.5) is 4.39 Å². The molecule has 10 nitrogen and oxygen atoms in total. The van der Waals surface area contributed by atoms with Crippen LogP contribution in [0.15, 0.2) is 44.6 Å². The molecule has 11 heteroatoms. The summed E-state index contributed by atoms with van der Waals surface area (Å²) >= 11 is 0. The quantitative estimate of drug-likeness (QED) is 0.510. The molecule has 3 heterocycles. The molecule has 1 unspecified atom stereocenters. The van der Waals surface area contributed by atoms with Crippen LogP contribution in [-0.2, 0) is 11.3 Å². The maximum atomic E-state index is 13.3. The molecule has 28 heavy (non-hydrogen) atoms. The van der Waals surface area contributed by atoms with Crippen LogP contribution in [0.5, 0.6) is 0 Å². The second kappa shape index (κ2) is 6.95. The van der Waals surface area contributed by atoms with E-state index in [-0.39, 0.29) is 17.8 Å². The highest BCUT2D eigenvalue weighted by Crippen LogP contribution is 2.28. The zero-order valence-corrected chi connectivity index (χ0v) is 14.3. The number of ether oxygens (including phenoxy) is 1. The fourth-order valence-electron chi connectivity index (χ4n) is 3.21. The molecule has 2 aromatic heterocycles. The van der Waals surface area contributed by atoms with Crippen molar-refractivity contribution in [1.29, 1.82) is 0 Å². The topological polar surface area (TPSA) is 140 Å². The highest BCUT2D eigenvalue weighted by molar-refractivity contribution is 5.79. The van der Waals surface area contributed by atoms with Crippen LogP contribution in [0.2, 0.25) is 0 Å². The summed E-state index contributed by atoms with van der Waals surface area (Å²) in [6.07, 6.45) is -4.08. The van der Waals surface area contributed by atoms with Gasteiger partial charge in [-0.15, -0.1) is 0 Å². The van der Waals surface area contributed by atoms with Gasteiger partial charge in [0.05, 0.1) is 13.2 Å². The number of hydrogen-bond donors (Lipinski definition) is 3. The molecular formula is C17H16FN3O7. The zero-order chi connectivity index (χ0) is 20.0. The van der Waals surface area contributed by atoms with E-state index in [2.05, 4.69) is 5.16 Å². The van der Waals surface area contributed by atoms with E-state index in [4.69, 9.17) is 9.26 Å². The van der Waals surface area contributed by atoms with Crippen LogP contribution in [0.3, 0.4) is 0 Å². The lowest BCUT2D eigenvalue weighted by atomic mass is 10.1. The second-order valence-electron chi connectivity index (χ2n) is 6.43. The van der Waals surface area contributed by atoms with Gasteiger partial charge in [-0.3, -0.25) is 13.9 Å². The number of benzene rings is 1. The summed E-state index contributed by atoms with van der Waals surface area (Å²) in [4.78, 5) is 25.0. The average Bonchev–Trinajstić information content (AvgIpc) is 3.20. The first kappa shape index (κ1) is 18.5. The second-order valence-corrected chi connectivity index (χ2v) is 6.43. The Morgan fingerprint density at radius 2 is 1.96 bits per heavy atom. The first-order valence-corrected chi connectivity index (χ1v) is 8.39. The molecule has 0 bridgehead atoms. The largest absolute Gasteiger partial charge is 0.394 e. The number of hydrogen-bond acceptors (Lipinski definition) is 8. The lowest BCUT2D eigenvalue weighted by molar-refractivity contribution is -0.0555. The Morgan fingerprint density at radius 3 is 2.68 bits per heavy atom. The van der Waals surface area contributed by atoms with Crippen LogP contribution in [0.25, 0.3) is 11.0 Å². The first-order valence-electron chi connectivity index (χ1n) is 8.39. The third kappa shape index (κ3) is 2.94. The van der Waals surface area contributed by atoms with Crippen molar-refractivity contribution in [3.63, 3.8) is 0 Å². The molecule has 148 valence electrons. The number of aliphatic hydroxyl groups excluding tert-OH is 3. The fourth-order valence-corrected chi connectivity index (χ4v) is 3.21. The molecule has 0 spiro atoms. The first-order chi connectivity index (χ1) is 13.4. The monoisotopic (exact) mass is 393 g/mol. The van der Waals surface area contributed by atoms with Gasteiger partial charge in [-0.2, -0.15) is 0 Å². The van der Waals surface area contributed by atoms with Gasteiger partial charge >= 0.3 is 5.69 Å². The van der Waals surface area contributed by atoms with E-state index >= 15 is 0 Å². The molecule has 1 fully saturated rings. The number of fused-ring (bicyclic) bond motifs is 1. The van der Waals surface area contributed by atoms with Gasteiger partial charge in [0, 0.05) is 23.7 Å². The van der Waals surface area contributed by atoms with Crippen molar-refractivity contribution in [2.45, 2.75) is 31.1 Å². The van der Waals surface area contributed by atoms with Crippen LogP contribution in [-0.4, -0.2) is 54.5 Å². The van der Waals surface area contributed by atoms with Gasteiger partial charge < -0.3 is 24.6 Å². The molecule has 1 aliphatic heterocycles. The predicted molar refractivity (Wildman–Crippen MR) is 91.0 cm³/mol. The summed E-state index contributed by atoms with van der Waals surface area (Å²) < 4.78 is 25.4. The smallest absolute Gasteiger partial charge is 0.333 e. The minimum Gasteiger partial charge on any atom is -0.394 e. The highest BCUT2D eigenvalue weighted by atomic mass is 19.1. The van der Waals surface area contributed by atoms with E-state index < -0.39 is 48.2 Å². The van der Waals surface area contributed by atoms with E-state index in [1.165, 1.54) is 12.1 Å². The number of nitrogens with zero attached hydrogens (tertiary/aromatic N) is 3. The third-order valence-corrected chi connectivity index (χ3v) is 4.70. The number of rotatable bonds is 4. The number of aromatic nitrogens is 3. The molecule has 1 saturated heterocycles. The van der Waals surface area contributed by atoms with E-state index in [0.717, 1.165) is 27.5 Å². The van der Waals surface area contributed by atoms with Gasteiger partial charge in [0.25, 0.3) is 5.56 Å². The molecule has 1 aromatic carbocycles. The van der Waals surface area contributed by atoms with Gasteiger partial charge in [0.1, 0.15) is 29.8 Å². The summed E-state index contributed by atoms with van der Waals surface area (Å²) in [5.74, 6) is -0.515. The lowest BCUT2D eigenvalue weighted by Crippen LogP contribution is -2.43. The Balaban J connectivity index is 1.73. The minimum atomic E-state index is -1.48. The molecular weight excluding hydrogens is 377 g/mol. The Labute approximate surface area is 155 Å². The van der Waals surface area contributed by atoms with Crippen LogP contribution < -0.4 is 11.2 Å². The van der Waals surface area contributed by atoms with Crippen LogP contribution >= 0.6 is 0 Å². The summed E-state index contributed by atoms with van der Waals surface area (Å²) in [6.45, 7) is -0.809. The molecule has 0 radical (unpaired) electrons. The zero-order valence-electron chi connectivity index (χ0n) is 14.3. The normalized spacial score (nSPS) is 24.9. The van der Waals surface area contributed by atoms with E-state index in [1.54, 1.807) is 0 Å². The van der Waals surface area contributed by atoms with Gasteiger partial charge in [-0.05, 0) is 12.1 Å². The van der Waals surface area contributed by atoms with Crippen molar-refractivity contribution in [1.82, 2.24) is 14.3 Å². The molecule has 0 saturated carbocycles. The Kier molecular flexibility index (Phi) is 4.59. The molecule has 4 rings (SSSR count). The molecule has 0 amide bonds. The maximum Gasteiger partial charge on any atom is 0.333 e. The highest BCUT2D eigenvalue weighted by Gasteiger charge is 2.43. The minimum absolute atomic E-state index is 0.169. The predicted octanol–water partition coefficient (Wildman–Crippen LogP) is -1.05. The molecule has 0 aliphatic carbocycles. The molecule has 3 N–H and O–H groups in total. The number of aliphatic hydroxyl groups is 3. The SMILES string of the molecule is O=c1ccn([C@@H]2O[C@H](CO)C(O)[C@@H]2O)c(=O)n1Cc1noc2cc(F)ccc12. The van der Waals surface area contributed by atoms with Crippen molar-refractivity contribution in [2.24, 2.45) is 0 Å². The van der Waals surface area contributed by atoms with Crippen LogP contribution in [0, 0.1) is 5.82 Å². The summed E-state index contributed by atoms with van der Waals surface area (Å²) in [5, 5.41) is 33.4. The van der Waals surface area contributed by atoms with Gasteiger partial charge in [0.15, 0.2) is 11.8 Å². The van der Waals surface area contributed by atoms with E-state index in [0.29, 0.717) is 5.39 Å². The maximum absolute atomic E-state index is 13.3. The standard InChI is InChI=1S/C17H16FN3O7/c18-8-1-2-9-10(19-28-11(9)5-8)6-21-13(23)3-4-20(17(21)26)16-15(25)14(24)12(7-22)27-16/h1-5,12,14-16,22,24-25H,6-7H2/t12-,14?,15+,16-/m1/s1. The Morgan fingerprint density at radius 1 is 1.18 bits per heavy atom. The van der Waals surface area contributed by atoms with Crippen molar-refractivity contribution >= 4 is 11.0 Å². The molecule has 1 aliphatic rings. The average molecular weight is 393 g/mol. The van der Waals surface area contributed by atoms with Crippen molar-refractivity contribution in [3.8, 4) is 0 Å². The summed E-state index contributed by atoms with van der Waals surface area (Å²) in [6, 6.07) is 4.86. The van der Waals surface area contributed by atoms with Gasteiger partial charge in [-0.1, -0.05) is 5.16 Å². The number of halogens is 1. The van der Waals surface area contributed by atoms with Gasteiger partial charge in [-0.25, -0.2) is 9.18 Å². The summed E-state index contributed by atoms with van der Waals surface area (Å²) in [5.41, 5.74) is -1.04. The summed E-state index contributed by atoms with van der Waals surface area (Å²) in [7, 11) is 0. The van der Waals surface area contributed by atoms with Crippen molar-refractivity contribution in [3.05, 3.63) is 62.8 Å². The Bertz CT molecular complexity index is 1140. The van der Waals surface area contributed by atoms with Crippen molar-refractivity contribution < 1.29 is 29.0 Å². The fraction of sp³-hybridized carbons (Fsp3) is 0.353. The van der Waals surface area contributed by atoms with Gasteiger partial charge in [0.2, 0.25) is 0 Å².